The van der Waals surface area contributed by atoms with Crippen LogP contribution in [0.25, 0.3) is 0 Å². The van der Waals surface area contributed by atoms with Gasteiger partial charge in [-0.1, -0.05) is 29.8 Å². The molecule has 1 saturated heterocycles. The topological polar surface area (TPSA) is 105 Å². The van der Waals surface area contributed by atoms with Crippen molar-refractivity contribution in [3.05, 3.63) is 59.2 Å². The second kappa shape index (κ2) is 10.0. The van der Waals surface area contributed by atoms with E-state index in [1.54, 1.807) is 25.1 Å². The standard InChI is InChI=1S/C24H31N3O6S/c1-17-6-8-18(9-7-17)13-25-23(29)24(2)16-26(34(5,30)31)15-22(28)27(24)14-19-12-20(32-3)10-11-21(19)33-4/h6-12H,13-16H2,1-5H3,(H,25,29). The maximum Gasteiger partial charge on any atom is 0.247 e. The highest BCUT2D eigenvalue weighted by Gasteiger charge is 2.49. The molecular weight excluding hydrogens is 458 g/mol. The van der Waals surface area contributed by atoms with Gasteiger partial charge in [0, 0.05) is 18.7 Å². The number of hydrogen-bond donors (Lipinski definition) is 1. The van der Waals surface area contributed by atoms with Crippen LogP contribution in [0, 0.1) is 6.92 Å². The monoisotopic (exact) mass is 489 g/mol. The molecule has 10 heteroatoms. The fourth-order valence-corrected chi connectivity index (χ4v) is 4.77. The number of ether oxygens (including phenoxy) is 2. The second-order valence-corrected chi connectivity index (χ2v) is 10.6. The molecule has 2 aromatic carbocycles. The minimum atomic E-state index is -3.69. The van der Waals surface area contributed by atoms with E-state index in [1.807, 2.05) is 31.2 Å². The summed E-state index contributed by atoms with van der Waals surface area (Å²) in [6, 6.07) is 12.9. The molecule has 1 fully saturated rings. The van der Waals surface area contributed by atoms with Crippen molar-refractivity contribution in [3.63, 3.8) is 0 Å². The van der Waals surface area contributed by atoms with Gasteiger partial charge in [0.05, 0.1) is 33.6 Å². The van der Waals surface area contributed by atoms with E-state index in [9.17, 15) is 18.0 Å². The molecule has 184 valence electrons. The lowest BCUT2D eigenvalue weighted by Gasteiger charge is -2.46. The number of carbonyl (C=O) groups is 2. The minimum absolute atomic E-state index is 0.0469. The van der Waals surface area contributed by atoms with Gasteiger partial charge in [-0.15, -0.1) is 0 Å². The van der Waals surface area contributed by atoms with Gasteiger partial charge in [0.2, 0.25) is 21.8 Å². The lowest BCUT2D eigenvalue weighted by molar-refractivity contribution is -0.153. The van der Waals surface area contributed by atoms with Crippen molar-refractivity contribution >= 4 is 21.8 Å². The van der Waals surface area contributed by atoms with Gasteiger partial charge in [-0.25, -0.2) is 8.42 Å². The number of aryl methyl sites for hydroxylation is 1. The highest BCUT2D eigenvalue weighted by atomic mass is 32.2. The Kier molecular flexibility index (Phi) is 7.52. The first-order valence-corrected chi connectivity index (χ1v) is 12.6. The summed E-state index contributed by atoms with van der Waals surface area (Å²) in [6.07, 6.45) is 1.03. The number of amides is 2. The van der Waals surface area contributed by atoms with Crippen molar-refractivity contribution in [2.45, 2.75) is 32.5 Å². The summed E-state index contributed by atoms with van der Waals surface area (Å²) in [5.74, 6) is 0.177. The van der Waals surface area contributed by atoms with Gasteiger partial charge in [-0.3, -0.25) is 9.59 Å². The molecule has 0 bridgehead atoms. The second-order valence-electron chi connectivity index (χ2n) is 8.63. The number of carbonyl (C=O) groups excluding carboxylic acids is 2. The normalized spacial score (nSPS) is 19.1. The Balaban J connectivity index is 1.94. The van der Waals surface area contributed by atoms with Crippen molar-refractivity contribution < 1.29 is 27.5 Å². The fraction of sp³-hybridized carbons (Fsp3) is 0.417. The number of piperazine rings is 1. The van der Waals surface area contributed by atoms with Gasteiger partial charge < -0.3 is 19.7 Å². The Morgan fingerprint density at radius 1 is 1.12 bits per heavy atom. The Bertz CT molecular complexity index is 1170. The molecule has 0 aromatic heterocycles. The van der Waals surface area contributed by atoms with E-state index < -0.39 is 27.4 Å². The molecule has 1 heterocycles. The molecule has 2 amide bonds. The Morgan fingerprint density at radius 2 is 1.79 bits per heavy atom. The number of hydrogen-bond acceptors (Lipinski definition) is 6. The summed E-state index contributed by atoms with van der Waals surface area (Å²) in [5.41, 5.74) is 1.19. The maximum absolute atomic E-state index is 13.5. The molecule has 34 heavy (non-hydrogen) atoms. The summed E-state index contributed by atoms with van der Waals surface area (Å²) in [6.45, 7) is 3.35. The quantitative estimate of drug-likeness (QED) is 0.605. The van der Waals surface area contributed by atoms with Crippen LogP contribution in [0.5, 0.6) is 11.5 Å². The number of nitrogens with zero attached hydrogens (tertiary/aromatic N) is 2. The Labute approximate surface area is 200 Å². The van der Waals surface area contributed by atoms with E-state index in [-0.39, 0.29) is 26.2 Å². The third-order valence-corrected chi connectivity index (χ3v) is 7.24. The molecule has 0 aliphatic carbocycles. The molecule has 3 rings (SSSR count). The van der Waals surface area contributed by atoms with E-state index >= 15 is 0 Å². The van der Waals surface area contributed by atoms with E-state index in [0.29, 0.717) is 17.1 Å². The number of benzene rings is 2. The number of methoxy groups -OCH3 is 2. The van der Waals surface area contributed by atoms with Crippen LogP contribution in [0.1, 0.15) is 23.6 Å². The van der Waals surface area contributed by atoms with Gasteiger partial charge in [0.25, 0.3) is 0 Å². The van der Waals surface area contributed by atoms with Gasteiger partial charge >= 0.3 is 0 Å². The zero-order valence-corrected chi connectivity index (χ0v) is 20.9. The van der Waals surface area contributed by atoms with Crippen LogP contribution >= 0.6 is 0 Å². The molecule has 1 aliphatic rings. The molecule has 9 nitrogen and oxygen atoms in total. The number of sulfonamides is 1. The summed E-state index contributed by atoms with van der Waals surface area (Å²) in [5, 5.41) is 2.88. The van der Waals surface area contributed by atoms with Crippen LogP contribution in [-0.2, 0) is 32.7 Å². The van der Waals surface area contributed by atoms with Crippen LogP contribution in [0.3, 0.4) is 0 Å². The van der Waals surface area contributed by atoms with Gasteiger partial charge in [-0.05, 0) is 37.6 Å². The third-order valence-electron chi connectivity index (χ3n) is 6.04. The van der Waals surface area contributed by atoms with Crippen LogP contribution in [0.2, 0.25) is 0 Å². The predicted molar refractivity (Wildman–Crippen MR) is 128 cm³/mol. The van der Waals surface area contributed by atoms with Crippen LogP contribution < -0.4 is 14.8 Å². The molecular formula is C24H31N3O6S. The van der Waals surface area contributed by atoms with Gasteiger partial charge in [-0.2, -0.15) is 4.31 Å². The summed E-state index contributed by atoms with van der Waals surface area (Å²) in [4.78, 5) is 28.1. The highest BCUT2D eigenvalue weighted by molar-refractivity contribution is 7.88. The summed E-state index contributed by atoms with van der Waals surface area (Å²) >= 11 is 0. The van der Waals surface area contributed by atoms with E-state index in [0.717, 1.165) is 21.7 Å². The third kappa shape index (κ3) is 5.51. The van der Waals surface area contributed by atoms with Crippen LogP contribution in [-0.4, -0.2) is 68.5 Å². The van der Waals surface area contributed by atoms with Crippen LogP contribution in [0.4, 0.5) is 0 Å². The lowest BCUT2D eigenvalue weighted by Crippen LogP contribution is -2.69. The molecule has 0 saturated carbocycles. The average molecular weight is 490 g/mol. The molecule has 0 radical (unpaired) electrons. The fourth-order valence-electron chi connectivity index (χ4n) is 3.94. The SMILES string of the molecule is COc1ccc(OC)c(CN2C(=O)CN(S(C)(=O)=O)CC2(C)C(=O)NCc2ccc(C)cc2)c1. The van der Waals surface area contributed by atoms with Crippen molar-refractivity contribution in [2.75, 3.05) is 33.6 Å². The first kappa shape index (κ1) is 25.5. The predicted octanol–water partition coefficient (Wildman–Crippen LogP) is 1.69. The molecule has 1 unspecified atom stereocenters. The van der Waals surface area contributed by atoms with E-state index in [4.69, 9.17) is 9.47 Å². The van der Waals surface area contributed by atoms with E-state index in [2.05, 4.69) is 5.32 Å². The van der Waals surface area contributed by atoms with Crippen molar-refractivity contribution in [1.29, 1.82) is 0 Å². The molecule has 0 spiro atoms. The minimum Gasteiger partial charge on any atom is -0.497 e. The zero-order chi connectivity index (χ0) is 25.1. The van der Waals surface area contributed by atoms with Gasteiger partial charge in [0.15, 0.2) is 0 Å². The molecule has 2 aromatic rings. The van der Waals surface area contributed by atoms with Crippen LogP contribution in [0.15, 0.2) is 42.5 Å². The Hall–Kier alpha value is -3.11. The van der Waals surface area contributed by atoms with Crippen molar-refractivity contribution in [1.82, 2.24) is 14.5 Å². The van der Waals surface area contributed by atoms with Crippen molar-refractivity contribution in [3.8, 4) is 11.5 Å². The molecule has 1 N–H and O–H groups in total. The maximum atomic E-state index is 13.5. The average Bonchev–Trinajstić information content (AvgIpc) is 2.79. The lowest BCUT2D eigenvalue weighted by atomic mass is 9.94. The Morgan fingerprint density at radius 3 is 2.38 bits per heavy atom. The van der Waals surface area contributed by atoms with Crippen molar-refractivity contribution in [2.24, 2.45) is 0 Å². The molecule has 1 atom stereocenters. The largest absolute Gasteiger partial charge is 0.497 e. The summed E-state index contributed by atoms with van der Waals surface area (Å²) in [7, 11) is -0.646. The van der Waals surface area contributed by atoms with E-state index in [1.165, 1.54) is 19.1 Å². The molecule has 1 aliphatic heterocycles. The number of rotatable bonds is 8. The first-order chi connectivity index (χ1) is 16.0. The number of nitrogens with one attached hydrogen (secondary N) is 1. The summed E-state index contributed by atoms with van der Waals surface area (Å²) < 4.78 is 36.4. The highest BCUT2D eigenvalue weighted by Crippen LogP contribution is 2.31. The first-order valence-electron chi connectivity index (χ1n) is 10.8. The van der Waals surface area contributed by atoms with Gasteiger partial charge in [0.1, 0.15) is 17.0 Å². The smallest absolute Gasteiger partial charge is 0.247 e. The zero-order valence-electron chi connectivity index (χ0n) is 20.1.